The third kappa shape index (κ3) is 3.27. The summed E-state index contributed by atoms with van der Waals surface area (Å²) in [5.41, 5.74) is 5.38. The van der Waals surface area contributed by atoms with Crippen molar-refractivity contribution in [2.45, 2.75) is 51.0 Å². The molecular weight excluding hydrogens is 260 g/mol. The molecule has 114 valence electrons. The monoisotopic (exact) mass is 286 g/mol. The van der Waals surface area contributed by atoms with Gasteiger partial charge in [-0.1, -0.05) is 50.3 Å². The highest BCUT2D eigenvalue weighted by molar-refractivity contribution is 5.81. The maximum Gasteiger partial charge on any atom is 0.0719 e. The van der Waals surface area contributed by atoms with Gasteiger partial charge in [-0.05, 0) is 18.4 Å². The highest BCUT2D eigenvalue weighted by atomic mass is 15.3. The Kier molecular flexibility index (Phi) is 4.56. The quantitative estimate of drug-likeness (QED) is 0.656. The van der Waals surface area contributed by atoms with Gasteiger partial charge in [0.15, 0.2) is 0 Å². The molecule has 1 fully saturated rings. The van der Waals surface area contributed by atoms with Crippen LogP contribution in [0.4, 0.5) is 0 Å². The number of nitrogens with zero attached hydrogens (tertiary/aromatic N) is 2. The van der Waals surface area contributed by atoms with Gasteiger partial charge in [0.25, 0.3) is 0 Å². The third-order valence-electron chi connectivity index (χ3n) is 4.85. The molecular formula is C17H26N4. The number of para-hydroxylation sites is 1. The summed E-state index contributed by atoms with van der Waals surface area (Å²) in [7, 11) is 2.01. The first-order valence-corrected chi connectivity index (χ1v) is 8.14. The van der Waals surface area contributed by atoms with Gasteiger partial charge in [-0.2, -0.15) is 5.10 Å². The summed E-state index contributed by atoms with van der Waals surface area (Å²) < 4.78 is 1.97. The van der Waals surface area contributed by atoms with Crippen molar-refractivity contribution in [1.29, 1.82) is 0 Å². The van der Waals surface area contributed by atoms with E-state index in [1.165, 1.54) is 49.4 Å². The molecule has 0 spiro atoms. The molecule has 0 amide bonds. The smallest absolute Gasteiger partial charge is 0.0719 e. The number of aromatic nitrogens is 2. The number of aryl methyl sites for hydroxylation is 1. The first kappa shape index (κ1) is 14.5. The summed E-state index contributed by atoms with van der Waals surface area (Å²) in [5.74, 6) is 6.63. The van der Waals surface area contributed by atoms with Crippen LogP contribution in [0.15, 0.2) is 24.3 Å². The van der Waals surface area contributed by atoms with Gasteiger partial charge in [0.05, 0.1) is 11.2 Å². The van der Waals surface area contributed by atoms with Crippen molar-refractivity contribution in [2.24, 2.45) is 18.8 Å². The van der Waals surface area contributed by atoms with Crippen LogP contribution in [0.25, 0.3) is 10.9 Å². The zero-order valence-electron chi connectivity index (χ0n) is 12.9. The van der Waals surface area contributed by atoms with Gasteiger partial charge >= 0.3 is 0 Å². The number of hydrogen-bond acceptors (Lipinski definition) is 3. The standard InChI is InChI=1S/C17H26N4/c1-21-17-10-6-5-9-15(17)16(20-21)12-14(19-18)11-13-7-3-2-4-8-13/h5-6,9-10,13-14,19H,2-4,7-8,11-12,18H2,1H3. The molecule has 21 heavy (non-hydrogen) atoms. The summed E-state index contributed by atoms with van der Waals surface area (Å²) in [5, 5.41) is 5.95. The summed E-state index contributed by atoms with van der Waals surface area (Å²) in [6, 6.07) is 8.75. The second-order valence-corrected chi connectivity index (χ2v) is 6.39. The van der Waals surface area contributed by atoms with E-state index in [1.807, 2.05) is 11.7 Å². The first-order chi connectivity index (χ1) is 10.3. The molecule has 1 aliphatic carbocycles. The normalized spacial score (nSPS) is 18.2. The number of fused-ring (bicyclic) bond motifs is 1. The lowest BCUT2D eigenvalue weighted by atomic mass is 9.84. The van der Waals surface area contributed by atoms with Crippen LogP contribution in [0, 0.1) is 5.92 Å². The zero-order chi connectivity index (χ0) is 14.7. The third-order valence-corrected chi connectivity index (χ3v) is 4.85. The Balaban J connectivity index is 1.73. The summed E-state index contributed by atoms with van der Waals surface area (Å²) in [4.78, 5) is 0. The fourth-order valence-corrected chi connectivity index (χ4v) is 3.71. The van der Waals surface area contributed by atoms with Crippen molar-refractivity contribution >= 4 is 10.9 Å². The average molecular weight is 286 g/mol. The predicted octanol–water partition coefficient (Wildman–Crippen LogP) is 2.92. The van der Waals surface area contributed by atoms with E-state index in [9.17, 15) is 0 Å². The Labute approximate surface area is 126 Å². The van der Waals surface area contributed by atoms with Gasteiger partial charge in [0, 0.05) is 24.9 Å². The molecule has 1 heterocycles. The van der Waals surface area contributed by atoms with Crippen molar-refractivity contribution < 1.29 is 0 Å². The Morgan fingerprint density at radius 2 is 2.05 bits per heavy atom. The summed E-state index contributed by atoms with van der Waals surface area (Å²) >= 11 is 0. The molecule has 3 N–H and O–H groups in total. The lowest BCUT2D eigenvalue weighted by Crippen LogP contribution is -2.38. The summed E-state index contributed by atoms with van der Waals surface area (Å²) in [6.45, 7) is 0. The zero-order valence-corrected chi connectivity index (χ0v) is 12.9. The minimum absolute atomic E-state index is 0.325. The maximum absolute atomic E-state index is 5.80. The van der Waals surface area contributed by atoms with E-state index in [2.05, 4.69) is 29.7 Å². The molecule has 1 aromatic carbocycles. The van der Waals surface area contributed by atoms with Crippen LogP contribution in [0.1, 0.15) is 44.2 Å². The van der Waals surface area contributed by atoms with Crippen molar-refractivity contribution in [1.82, 2.24) is 15.2 Å². The molecule has 0 aliphatic heterocycles. The van der Waals surface area contributed by atoms with Crippen molar-refractivity contribution in [2.75, 3.05) is 0 Å². The number of nitrogens with one attached hydrogen (secondary N) is 1. The molecule has 1 atom stereocenters. The van der Waals surface area contributed by atoms with Gasteiger partial charge in [-0.3, -0.25) is 16.0 Å². The van der Waals surface area contributed by atoms with E-state index >= 15 is 0 Å². The molecule has 4 heteroatoms. The Morgan fingerprint density at radius 1 is 1.29 bits per heavy atom. The fourth-order valence-electron chi connectivity index (χ4n) is 3.71. The highest BCUT2D eigenvalue weighted by Crippen LogP contribution is 2.28. The molecule has 1 aromatic heterocycles. The minimum Gasteiger partial charge on any atom is -0.271 e. The Bertz CT molecular complexity index is 583. The largest absolute Gasteiger partial charge is 0.271 e. The van der Waals surface area contributed by atoms with Crippen LogP contribution in [0.2, 0.25) is 0 Å². The molecule has 1 unspecified atom stereocenters. The highest BCUT2D eigenvalue weighted by Gasteiger charge is 2.20. The first-order valence-electron chi connectivity index (χ1n) is 8.14. The number of nitrogens with two attached hydrogens (primary N) is 1. The second-order valence-electron chi connectivity index (χ2n) is 6.39. The maximum atomic E-state index is 5.80. The van der Waals surface area contributed by atoms with Crippen molar-refractivity contribution in [3.05, 3.63) is 30.0 Å². The second kappa shape index (κ2) is 6.58. The van der Waals surface area contributed by atoms with Crippen LogP contribution in [-0.2, 0) is 13.5 Å². The van der Waals surface area contributed by atoms with Gasteiger partial charge in [-0.15, -0.1) is 0 Å². The van der Waals surface area contributed by atoms with E-state index in [1.54, 1.807) is 0 Å². The van der Waals surface area contributed by atoms with Gasteiger partial charge in [0.2, 0.25) is 0 Å². The number of hydrazine groups is 1. The molecule has 0 radical (unpaired) electrons. The molecule has 0 saturated heterocycles. The number of benzene rings is 1. The van der Waals surface area contributed by atoms with E-state index in [4.69, 9.17) is 10.9 Å². The van der Waals surface area contributed by atoms with E-state index < -0.39 is 0 Å². The lowest BCUT2D eigenvalue weighted by molar-refractivity contribution is 0.297. The Morgan fingerprint density at radius 3 is 2.81 bits per heavy atom. The molecule has 2 aromatic rings. The number of hydrogen-bond donors (Lipinski definition) is 2. The lowest BCUT2D eigenvalue weighted by Gasteiger charge is -2.25. The molecule has 3 rings (SSSR count). The predicted molar refractivity (Wildman–Crippen MR) is 86.7 cm³/mol. The van der Waals surface area contributed by atoms with E-state index in [0.29, 0.717) is 6.04 Å². The van der Waals surface area contributed by atoms with Crippen LogP contribution < -0.4 is 11.3 Å². The van der Waals surface area contributed by atoms with Gasteiger partial charge in [-0.25, -0.2) is 0 Å². The van der Waals surface area contributed by atoms with Gasteiger partial charge < -0.3 is 0 Å². The van der Waals surface area contributed by atoms with E-state index in [-0.39, 0.29) is 0 Å². The molecule has 1 aliphatic rings. The number of rotatable bonds is 5. The van der Waals surface area contributed by atoms with E-state index in [0.717, 1.165) is 18.0 Å². The van der Waals surface area contributed by atoms with Gasteiger partial charge in [0.1, 0.15) is 0 Å². The minimum atomic E-state index is 0.325. The molecule has 4 nitrogen and oxygen atoms in total. The molecule has 0 bridgehead atoms. The van der Waals surface area contributed by atoms with Crippen LogP contribution in [0.3, 0.4) is 0 Å². The molecule has 1 saturated carbocycles. The van der Waals surface area contributed by atoms with Crippen molar-refractivity contribution in [3.8, 4) is 0 Å². The SMILES string of the molecule is Cn1nc(CC(CC2CCCCC2)NN)c2ccccc21. The summed E-state index contributed by atoms with van der Waals surface area (Å²) in [6.07, 6.45) is 8.98. The average Bonchev–Trinajstić information content (AvgIpc) is 2.84. The van der Waals surface area contributed by atoms with Crippen LogP contribution >= 0.6 is 0 Å². The van der Waals surface area contributed by atoms with Crippen LogP contribution in [-0.4, -0.2) is 15.8 Å². The Hall–Kier alpha value is -1.39. The van der Waals surface area contributed by atoms with Crippen LogP contribution in [0.5, 0.6) is 0 Å². The fraction of sp³-hybridized carbons (Fsp3) is 0.588. The van der Waals surface area contributed by atoms with Crippen molar-refractivity contribution in [3.63, 3.8) is 0 Å². The topological polar surface area (TPSA) is 55.9 Å².